The van der Waals surface area contributed by atoms with E-state index in [0.29, 0.717) is 12.1 Å². The Labute approximate surface area is 110 Å². The quantitative estimate of drug-likeness (QED) is 0.757. The van der Waals surface area contributed by atoms with Crippen LogP contribution in [0.4, 0.5) is 0 Å². The molecule has 2 aromatic heterocycles. The molecule has 0 unspecified atom stereocenters. The van der Waals surface area contributed by atoms with E-state index in [4.69, 9.17) is 5.73 Å². The molecule has 4 nitrogen and oxygen atoms in total. The van der Waals surface area contributed by atoms with Gasteiger partial charge in [0.2, 0.25) is 0 Å². The minimum absolute atomic E-state index is 0.492. The maximum atomic E-state index is 9.19. The summed E-state index contributed by atoms with van der Waals surface area (Å²) in [7, 11) is 0. The summed E-state index contributed by atoms with van der Waals surface area (Å²) in [6, 6.07) is 13.9. The van der Waals surface area contributed by atoms with Crippen LogP contribution >= 0.6 is 0 Å². The van der Waals surface area contributed by atoms with Crippen LogP contribution in [0, 0.1) is 11.3 Å². The second kappa shape index (κ2) is 4.56. The molecule has 19 heavy (non-hydrogen) atoms. The van der Waals surface area contributed by atoms with Crippen molar-refractivity contribution >= 4 is 11.0 Å². The van der Waals surface area contributed by atoms with Crippen molar-refractivity contribution in [1.82, 2.24) is 9.55 Å². The third-order valence-electron chi connectivity index (χ3n) is 3.11. The van der Waals surface area contributed by atoms with Gasteiger partial charge in [-0.3, -0.25) is 4.57 Å². The molecule has 3 rings (SSSR count). The van der Waals surface area contributed by atoms with Crippen molar-refractivity contribution in [3.05, 3.63) is 59.9 Å². The van der Waals surface area contributed by atoms with Crippen molar-refractivity contribution in [2.45, 2.75) is 6.54 Å². The van der Waals surface area contributed by atoms with Gasteiger partial charge in [0, 0.05) is 30.0 Å². The maximum Gasteiger partial charge on any atom is 0.145 e. The average molecular weight is 248 g/mol. The number of fused-ring (bicyclic) bond motifs is 1. The van der Waals surface area contributed by atoms with Crippen molar-refractivity contribution in [2.24, 2.45) is 5.73 Å². The second-order valence-corrected chi connectivity index (χ2v) is 4.27. The minimum Gasteiger partial charge on any atom is -0.326 e. The Morgan fingerprint density at radius 2 is 2.16 bits per heavy atom. The zero-order valence-electron chi connectivity index (χ0n) is 10.2. The lowest BCUT2D eigenvalue weighted by Gasteiger charge is -2.06. The SMILES string of the molecule is N#Cc1cn(-c2cccc(CN)c2)c2ncccc12. The number of nitriles is 1. The molecule has 0 spiro atoms. The van der Waals surface area contributed by atoms with Crippen LogP contribution < -0.4 is 5.73 Å². The lowest BCUT2D eigenvalue weighted by atomic mass is 10.2. The fraction of sp³-hybridized carbons (Fsp3) is 0.0667. The van der Waals surface area contributed by atoms with Crippen molar-refractivity contribution in [1.29, 1.82) is 5.26 Å². The topological polar surface area (TPSA) is 67.6 Å². The van der Waals surface area contributed by atoms with Gasteiger partial charge in [-0.05, 0) is 29.8 Å². The van der Waals surface area contributed by atoms with E-state index in [1.807, 2.05) is 47.2 Å². The van der Waals surface area contributed by atoms with Gasteiger partial charge in [-0.2, -0.15) is 5.26 Å². The molecular weight excluding hydrogens is 236 g/mol. The molecular formula is C15H12N4. The highest BCUT2D eigenvalue weighted by molar-refractivity contribution is 5.84. The summed E-state index contributed by atoms with van der Waals surface area (Å²) in [6.45, 7) is 0.492. The summed E-state index contributed by atoms with van der Waals surface area (Å²) in [5.41, 5.74) is 9.09. The van der Waals surface area contributed by atoms with Gasteiger partial charge in [0.15, 0.2) is 0 Å². The molecule has 0 atom stereocenters. The molecule has 0 aliphatic carbocycles. The number of rotatable bonds is 2. The lowest BCUT2D eigenvalue weighted by Crippen LogP contribution is -1.99. The highest BCUT2D eigenvalue weighted by atomic mass is 15.0. The van der Waals surface area contributed by atoms with Gasteiger partial charge < -0.3 is 5.73 Å². The van der Waals surface area contributed by atoms with E-state index in [2.05, 4.69) is 11.1 Å². The van der Waals surface area contributed by atoms with Crippen LogP contribution in [-0.4, -0.2) is 9.55 Å². The van der Waals surface area contributed by atoms with Crippen LogP contribution in [0.15, 0.2) is 48.8 Å². The highest BCUT2D eigenvalue weighted by Gasteiger charge is 2.10. The first-order chi connectivity index (χ1) is 9.33. The molecule has 0 aliphatic rings. The number of pyridine rings is 1. The molecule has 0 fully saturated rings. The number of nitrogens with two attached hydrogens (primary N) is 1. The predicted molar refractivity (Wildman–Crippen MR) is 73.7 cm³/mol. The summed E-state index contributed by atoms with van der Waals surface area (Å²) < 4.78 is 1.92. The first-order valence-electron chi connectivity index (χ1n) is 5.99. The van der Waals surface area contributed by atoms with Crippen LogP contribution in [0.3, 0.4) is 0 Å². The van der Waals surface area contributed by atoms with Gasteiger partial charge in [-0.1, -0.05) is 12.1 Å². The summed E-state index contributed by atoms with van der Waals surface area (Å²) in [4.78, 5) is 4.36. The molecule has 0 bridgehead atoms. The lowest BCUT2D eigenvalue weighted by molar-refractivity contribution is 1.04. The van der Waals surface area contributed by atoms with Gasteiger partial charge in [0.25, 0.3) is 0 Å². The zero-order chi connectivity index (χ0) is 13.2. The van der Waals surface area contributed by atoms with Crippen molar-refractivity contribution < 1.29 is 0 Å². The number of hydrogen-bond donors (Lipinski definition) is 1. The normalized spacial score (nSPS) is 10.5. The summed E-state index contributed by atoms with van der Waals surface area (Å²) in [5, 5.41) is 10.0. The fourth-order valence-corrected chi connectivity index (χ4v) is 2.18. The second-order valence-electron chi connectivity index (χ2n) is 4.27. The van der Waals surface area contributed by atoms with E-state index in [1.165, 1.54) is 0 Å². The van der Waals surface area contributed by atoms with Crippen LogP contribution in [0.2, 0.25) is 0 Å². The van der Waals surface area contributed by atoms with Crippen molar-refractivity contribution in [2.75, 3.05) is 0 Å². The van der Waals surface area contributed by atoms with E-state index in [-0.39, 0.29) is 0 Å². The Kier molecular flexibility index (Phi) is 2.75. The smallest absolute Gasteiger partial charge is 0.145 e. The minimum atomic E-state index is 0.492. The van der Waals surface area contributed by atoms with Crippen LogP contribution in [0.1, 0.15) is 11.1 Å². The van der Waals surface area contributed by atoms with E-state index in [9.17, 15) is 5.26 Å². The van der Waals surface area contributed by atoms with Crippen molar-refractivity contribution in [3.63, 3.8) is 0 Å². The van der Waals surface area contributed by atoms with E-state index >= 15 is 0 Å². The Morgan fingerprint density at radius 3 is 2.95 bits per heavy atom. The molecule has 0 amide bonds. The molecule has 4 heteroatoms. The molecule has 0 aliphatic heterocycles. The summed E-state index contributed by atoms with van der Waals surface area (Å²) in [6.07, 6.45) is 3.54. The van der Waals surface area contributed by atoms with Gasteiger partial charge in [-0.15, -0.1) is 0 Å². The average Bonchev–Trinajstić information content (AvgIpc) is 2.86. The molecule has 3 aromatic rings. The number of benzene rings is 1. The Morgan fingerprint density at radius 1 is 1.26 bits per heavy atom. The summed E-state index contributed by atoms with van der Waals surface area (Å²) in [5.74, 6) is 0. The Hall–Kier alpha value is -2.64. The first kappa shape index (κ1) is 11.5. The third kappa shape index (κ3) is 1.86. The van der Waals surface area contributed by atoms with E-state index in [0.717, 1.165) is 22.3 Å². The highest BCUT2D eigenvalue weighted by Crippen LogP contribution is 2.22. The first-order valence-corrected chi connectivity index (χ1v) is 5.99. The number of aromatic nitrogens is 2. The molecule has 0 saturated heterocycles. The standard InChI is InChI=1S/C15H12N4/c16-8-11-3-1-4-13(7-11)19-10-12(9-17)14-5-2-6-18-15(14)19/h1-7,10H,8,16H2. The molecule has 0 radical (unpaired) electrons. The van der Waals surface area contributed by atoms with Gasteiger partial charge in [0.05, 0.1) is 5.56 Å². The molecule has 2 N–H and O–H groups in total. The predicted octanol–water partition coefficient (Wildman–Crippen LogP) is 2.36. The largest absolute Gasteiger partial charge is 0.326 e. The van der Waals surface area contributed by atoms with Crippen LogP contribution in [0.25, 0.3) is 16.7 Å². The van der Waals surface area contributed by atoms with Gasteiger partial charge in [0.1, 0.15) is 11.7 Å². The monoisotopic (exact) mass is 248 g/mol. The number of nitrogens with zero attached hydrogens (tertiary/aromatic N) is 3. The molecule has 1 aromatic carbocycles. The fourth-order valence-electron chi connectivity index (χ4n) is 2.18. The number of hydrogen-bond acceptors (Lipinski definition) is 3. The Bertz CT molecular complexity index is 780. The van der Waals surface area contributed by atoms with Crippen LogP contribution in [0.5, 0.6) is 0 Å². The van der Waals surface area contributed by atoms with Gasteiger partial charge >= 0.3 is 0 Å². The molecule has 0 saturated carbocycles. The van der Waals surface area contributed by atoms with E-state index < -0.39 is 0 Å². The summed E-state index contributed by atoms with van der Waals surface area (Å²) >= 11 is 0. The van der Waals surface area contributed by atoms with E-state index in [1.54, 1.807) is 6.20 Å². The third-order valence-corrected chi connectivity index (χ3v) is 3.11. The maximum absolute atomic E-state index is 9.19. The van der Waals surface area contributed by atoms with Crippen molar-refractivity contribution in [3.8, 4) is 11.8 Å². The molecule has 92 valence electrons. The Balaban J connectivity index is 2.28. The van der Waals surface area contributed by atoms with Gasteiger partial charge in [-0.25, -0.2) is 4.98 Å². The van der Waals surface area contributed by atoms with Crippen LogP contribution in [-0.2, 0) is 6.54 Å². The molecule has 2 heterocycles. The zero-order valence-corrected chi connectivity index (χ0v) is 10.2.